The second kappa shape index (κ2) is 9.30. The predicted octanol–water partition coefficient (Wildman–Crippen LogP) is 0.710. The summed E-state index contributed by atoms with van der Waals surface area (Å²) in [5, 5.41) is 21.3. The summed E-state index contributed by atoms with van der Waals surface area (Å²) in [6, 6.07) is 6.61. The molecule has 1 heterocycles. The number of carbonyl (C=O) groups excluding carboxylic acids is 1. The van der Waals surface area contributed by atoms with E-state index in [0.29, 0.717) is 19.4 Å². The molecule has 1 aliphatic rings. The zero-order valence-corrected chi connectivity index (χ0v) is 14.6. The van der Waals surface area contributed by atoms with Crippen LogP contribution >= 0.6 is 0 Å². The molecule has 0 saturated carbocycles. The molecule has 0 spiro atoms. The van der Waals surface area contributed by atoms with E-state index in [1.807, 2.05) is 30.3 Å². The summed E-state index contributed by atoms with van der Waals surface area (Å²) < 4.78 is 5.45. The first-order valence-corrected chi connectivity index (χ1v) is 8.54. The molecule has 26 heavy (non-hydrogen) atoms. The SMILES string of the molecule is C[C@H](NC(COCc1ccccc1)C(=O)O)C(=O)N1CCC[C@H]1C(=O)O. The number of carboxylic acid groups (broad SMARTS) is 2. The van der Waals surface area contributed by atoms with Gasteiger partial charge in [-0.05, 0) is 25.3 Å². The zero-order valence-electron chi connectivity index (χ0n) is 14.6. The van der Waals surface area contributed by atoms with Crippen molar-refractivity contribution in [2.45, 2.75) is 44.5 Å². The fourth-order valence-corrected chi connectivity index (χ4v) is 2.97. The van der Waals surface area contributed by atoms with Crippen LogP contribution in [0, 0.1) is 0 Å². The fourth-order valence-electron chi connectivity index (χ4n) is 2.97. The second-order valence-electron chi connectivity index (χ2n) is 6.31. The van der Waals surface area contributed by atoms with Gasteiger partial charge in [0, 0.05) is 6.54 Å². The van der Waals surface area contributed by atoms with Crippen molar-refractivity contribution in [2.75, 3.05) is 13.2 Å². The van der Waals surface area contributed by atoms with E-state index in [1.54, 1.807) is 0 Å². The van der Waals surface area contributed by atoms with Gasteiger partial charge in [-0.1, -0.05) is 30.3 Å². The molecule has 0 aliphatic carbocycles. The first kappa shape index (κ1) is 19.9. The predicted molar refractivity (Wildman–Crippen MR) is 92.5 cm³/mol. The number of carbonyl (C=O) groups is 3. The van der Waals surface area contributed by atoms with Crippen molar-refractivity contribution in [1.82, 2.24) is 10.2 Å². The number of rotatable bonds is 9. The van der Waals surface area contributed by atoms with E-state index in [1.165, 1.54) is 11.8 Å². The average molecular weight is 364 g/mol. The van der Waals surface area contributed by atoms with Crippen LogP contribution in [0.4, 0.5) is 0 Å². The molecular weight excluding hydrogens is 340 g/mol. The third kappa shape index (κ3) is 5.27. The summed E-state index contributed by atoms with van der Waals surface area (Å²) in [5.74, 6) is -2.58. The summed E-state index contributed by atoms with van der Waals surface area (Å²) >= 11 is 0. The quantitative estimate of drug-likeness (QED) is 0.591. The Balaban J connectivity index is 1.88. The van der Waals surface area contributed by atoms with Gasteiger partial charge >= 0.3 is 11.9 Å². The lowest BCUT2D eigenvalue weighted by atomic mass is 10.2. The van der Waals surface area contributed by atoms with Crippen molar-refractivity contribution >= 4 is 17.8 Å². The van der Waals surface area contributed by atoms with E-state index in [-0.39, 0.29) is 13.2 Å². The Morgan fingerprint density at radius 3 is 2.58 bits per heavy atom. The smallest absolute Gasteiger partial charge is 0.326 e. The minimum absolute atomic E-state index is 0.107. The Hall–Kier alpha value is -2.45. The molecule has 1 aliphatic heterocycles. The van der Waals surface area contributed by atoms with Gasteiger partial charge in [-0.3, -0.25) is 14.9 Å². The van der Waals surface area contributed by atoms with Crippen LogP contribution in [0.2, 0.25) is 0 Å². The average Bonchev–Trinajstić information content (AvgIpc) is 3.10. The number of hydrogen-bond donors (Lipinski definition) is 3. The lowest BCUT2D eigenvalue weighted by Crippen LogP contribution is -2.54. The first-order valence-electron chi connectivity index (χ1n) is 8.54. The van der Waals surface area contributed by atoms with Gasteiger partial charge in [-0.25, -0.2) is 4.79 Å². The van der Waals surface area contributed by atoms with Gasteiger partial charge in [-0.2, -0.15) is 0 Å². The molecule has 0 bridgehead atoms. The standard InChI is InChI=1S/C18H24N2O6/c1-12(16(21)20-9-5-8-15(20)18(24)25)19-14(17(22)23)11-26-10-13-6-3-2-4-7-13/h2-4,6-7,12,14-15,19H,5,8-11H2,1H3,(H,22,23)(H,24,25)/t12-,14?,15-/m0/s1. The number of carboxylic acids is 2. The lowest BCUT2D eigenvalue weighted by molar-refractivity contribution is -0.149. The molecular formula is C18H24N2O6. The van der Waals surface area contributed by atoms with Crippen LogP contribution in [-0.4, -0.2) is 64.2 Å². The van der Waals surface area contributed by atoms with Crippen molar-refractivity contribution in [3.63, 3.8) is 0 Å². The third-order valence-electron chi connectivity index (χ3n) is 4.34. The highest BCUT2D eigenvalue weighted by Gasteiger charge is 2.36. The lowest BCUT2D eigenvalue weighted by Gasteiger charge is -2.27. The van der Waals surface area contributed by atoms with Crippen LogP contribution < -0.4 is 5.32 Å². The Labute approximate surface area is 151 Å². The third-order valence-corrected chi connectivity index (χ3v) is 4.34. The zero-order chi connectivity index (χ0) is 19.1. The van der Waals surface area contributed by atoms with E-state index in [2.05, 4.69) is 5.32 Å². The number of hydrogen-bond acceptors (Lipinski definition) is 5. The molecule has 8 nitrogen and oxygen atoms in total. The number of nitrogens with one attached hydrogen (secondary N) is 1. The van der Waals surface area contributed by atoms with Crippen molar-refractivity contribution in [3.05, 3.63) is 35.9 Å². The molecule has 1 fully saturated rings. The summed E-state index contributed by atoms with van der Waals surface area (Å²) in [4.78, 5) is 36.4. The van der Waals surface area contributed by atoms with Gasteiger partial charge in [0.1, 0.15) is 12.1 Å². The first-order chi connectivity index (χ1) is 12.4. The van der Waals surface area contributed by atoms with Gasteiger partial charge in [0.2, 0.25) is 5.91 Å². The van der Waals surface area contributed by atoms with Crippen molar-refractivity contribution in [2.24, 2.45) is 0 Å². The number of benzene rings is 1. The van der Waals surface area contributed by atoms with E-state index in [9.17, 15) is 24.6 Å². The molecule has 3 N–H and O–H groups in total. The highest BCUT2D eigenvalue weighted by Crippen LogP contribution is 2.18. The van der Waals surface area contributed by atoms with E-state index in [0.717, 1.165) is 5.56 Å². The van der Waals surface area contributed by atoms with E-state index >= 15 is 0 Å². The molecule has 1 unspecified atom stereocenters. The number of amides is 1. The topological polar surface area (TPSA) is 116 Å². The van der Waals surface area contributed by atoms with Gasteiger partial charge in [-0.15, -0.1) is 0 Å². The van der Waals surface area contributed by atoms with Crippen LogP contribution in [0.5, 0.6) is 0 Å². The van der Waals surface area contributed by atoms with Crippen molar-refractivity contribution < 1.29 is 29.3 Å². The van der Waals surface area contributed by atoms with Crippen molar-refractivity contribution in [1.29, 1.82) is 0 Å². The highest BCUT2D eigenvalue weighted by atomic mass is 16.5. The summed E-state index contributed by atoms with van der Waals surface area (Å²) in [6.07, 6.45) is 1.04. The number of likely N-dealkylation sites (tertiary alicyclic amines) is 1. The van der Waals surface area contributed by atoms with Gasteiger partial charge in [0.05, 0.1) is 19.3 Å². The molecule has 8 heteroatoms. The monoisotopic (exact) mass is 364 g/mol. The van der Waals surface area contributed by atoms with Crippen molar-refractivity contribution in [3.8, 4) is 0 Å². The van der Waals surface area contributed by atoms with Gasteiger partial charge < -0.3 is 19.8 Å². The maximum Gasteiger partial charge on any atom is 0.326 e. The molecule has 1 saturated heterocycles. The summed E-state index contributed by atoms with van der Waals surface area (Å²) in [6.45, 7) is 2.06. The number of nitrogens with zero attached hydrogens (tertiary/aromatic N) is 1. The number of aliphatic carboxylic acids is 2. The van der Waals surface area contributed by atoms with Gasteiger partial charge in [0.15, 0.2) is 0 Å². The van der Waals surface area contributed by atoms with E-state index < -0.39 is 36.0 Å². The number of ether oxygens (including phenoxy) is 1. The van der Waals surface area contributed by atoms with Crippen LogP contribution in [-0.2, 0) is 25.7 Å². The van der Waals surface area contributed by atoms with Crippen LogP contribution in [0.3, 0.4) is 0 Å². The normalized spacial score (nSPS) is 19.1. The van der Waals surface area contributed by atoms with E-state index in [4.69, 9.17) is 4.74 Å². The Bertz CT molecular complexity index is 636. The van der Waals surface area contributed by atoms with Crippen LogP contribution in [0.1, 0.15) is 25.3 Å². The molecule has 1 aromatic rings. The minimum atomic E-state index is -1.13. The molecule has 142 valence electrons. The fraction of sp³-hybridized carbons (Fsp3) is 0.500. The Morgan fingerprint density at radius 2 is 1.96 bits per heavy atom. The Morgan fingerprint density at radius 1 is 1.27 bits per heavy atom. The molecule has 0 aromatic heterocycles. The van der Waals surface area contributed by atoms with Crippen LogP contribution in [0.15, 0.2) is 30.3 Å². The van der Waals surface area contributed by atoms with Gasteiger partial charge in [0.25, 0.3) is 0 Å². The largest absolute Gasteiger partial charge is 0.480 e. The van der Waals surface area contributed by atoms with Crippen LogP contribution in [0.25, 0.3) is 0 Å². The molecule has 3 atom stereocenters. The summed E-state index contributed by atoms with van der Waals surface area (Å²) in [5.41, 5.74) is 0.919. The molecule has 0 radical (unpaired) electrons. The Kier molecular flexibility index (Phi) is 7.11. The molecule has 1 amide bonds. The maximum atomic E-state index is 12.5. The summed E-state index contributed by atoms with van der Waals surface area (Å²) in [7, 11) is 0. The molecule has 2 rings (SSSR count). The minimum Gasteiger partial charge on any atom is -0.480 e. The molecule has 1 aromatic carbocycles. The maximum absolute atomic E-state index is 12.5. The highest BCUT2D eigenvalue weighted by molar-refractivity contribution is 5.88. The second-order valence-corrected chi connectivity index (χ2v) is 6.31.